The molecule has 0 unspecified atom stereocenters. The van der Waals surface area contributed by atoms with Crippen LogP contribution in [-0.2, 0) is 19.6 Å². The lowest BCUT2D eigenvalue weighted by atomic mass is 10.2. The molecule has 1 atom stereocenters. The van der Waals surface area contributed by atoms with Crippen molar-refractivity contribution in [2.75, 3.05) is 23.3 Å². The van der Waals surface area contributed by atoms with Crippen LogP contribution in [0.4, 0.5) is 17.1 Å². The molecule has 0 fully saturated rings. The number of nitrogens with zero attached hydrogens (tertiary/aromatic N) is 1. The molecular formula is C24H20ClN3O9S. The van der Waals surface area contributed by atoms with Crippen LogP contribution in [0.3, 0.4) is 0 Å². The molecule has 2 N–H and O–H groups in total. The van der Waals surface area contributed by atoms with Gasteiger partial charge in [-0.15, -0.1) is 0 Å². The summed E-state index contributed by atoms with van der Waals surface area (Å²) in [5, 5.41) is 13.4. The number of carbonyl (C=O) groups is 2. The highest BCUT2D eigenvalue weighted by Gasteiger charge is 2.22. The van der Waals surface area contributed by atoms with E-state index in [0.717, 1.165) is 6.07 Å². The van der Waals surface area contributed by atoms with Gasteiger partial charge in [-0.25, -0.2) is 13.2 Å². The predicted octanol–water partition coefficient (Wildman–Crippen LogP) is 4.00. The van der Waals surface area contributed by atoms with Gasteiger partial charge in [0.15, 0.2) is 17.6 Å². The number of amides is 1. The number of esters is 1. The van der Waals surface area contributed by atoms with Gasteiger partial charge < -0.3 is 19.5 Å². The molecule has 0 aliphatic carbocycles. The fourth-order valence-electron chi connectivity index (χ4n) is 3.32. The summed E-state index contributed by atoms with van der Waals surface area (Å²) in [7, 11) is -3.96. The van der Waals surface area contributed by atoms with Crippen molar-refractivity contribution in [3.05, 3.63) is 81.4 Å². The average Bonchev–Trinajstić information content (AvgIpc) is 2.89. The number of nitrogens with one attached hydrogen (secondary N) is 2. The minimum atomic E-state index is -3.96. The van der Waals surface area contributed by atoms with Crippen LogP contribution in [-0.4, -0.2) is 44.5 Å². The summed E-state index contributed by atoms with van der Waals surface area (Å²) in [5.74, 6) is -0.833. The summed E-state index contributed by atoms with van der Waals surface area (Å²) in [5.41, 5.74) is -0.0506. The molecule has 4 rings (SSSR count). The number of benzene rings is 3. The van der Waals surface area contributed by atoms with E-state index in [1.807, 2.05) is 0 Å². The van der Waals surface area contributed by atoms with E-state index in [-0.39, 0.29) is 32.5 Å². The molecule has 1 aliphatic heterocycles. The standard InChI is InChI=1S/C24H20ClN3O9S/c1-14(23(29)26-20-12-17(28(31)32)6-8-19(20)25)37-24(30)15-2-4-16(5-3-15)27-38(33,34)18-7-9-21-22(13-18)36-11-10-35-21/h2-9,12-14,27H,10-11H2,1H3,(H,26,29)/t14-/m1/s1. The maximum atomic E-state index is 12.8. The van der Waals surface area contributed by atoms with Gasteiger partial charge in [0.05, 0.1) is 26.1 Å². The van der Waals surface area contributed by atoms with Gasteiger partial charge in [-0.05, 0) is 49.4 Å². The fraction of sp³-hybridized carbons (Fsp3) is 0.167. The van der Waals surface area contributed by atoms with Crippen molar-refractivity contribution in [3.8, 4) is 11.5 Å². The second-order valence-electron chi connectivity index (χ2n) is 7.95. The average molecular weight is 562 g/mol. The summed E-state index contributed by atoms with van der Waals surface area (Å²) in [6.45, 7) is 2.00. The molecular weight excluding hydrogens is 542 g/mol. The van der Waals surface area contributed by atoms with E-state index in [1.165, 1.54) is 61.5 Å². The number of hydrogen-bond acceptors (Lipinski definition) is 9. The Hall–Kier alpha value is -4.36. The highest BCUT2D eigenvalue weighted by atomic mass is 35.5. The molecule has 0 aromatic heterocycles. The Morgan fingerprint density at radius 3 is 2.39 bits per heavy atom. The molecule has 0 bridgehead atoms. The van der Waals surface area contributed by atoms with Gasteiger partial charge in [-0.3, -0.25) is 19.6 Å². The van der Waals surface area contributed by atoms with Gasteiger partial charge in [0.2, 0.25) is 0 Å². The number of halogens is 1. The summed E-state index contributed by atoms with van der Waals surface area (Å²) in [6, 6.07) is 13.1. The summed E-state index contributed by atoms with van der Waals surface area (Å²) in [4.78, 5) is 35.2. The molecule has 0 spiro atoms. The maximum absolute atomic E-state index is 12.8. The van der Waals surface area contributed by atoms with E-state index in [9.17, 15) is 28.1 Å². The Morgan fingerprint density at radius 2 is 1.71 bits per heavy atom. The van der Waals surface area contributed by atoms with Gasteiger partial charge in [-0.1, -0.05) is 11.6 Å². The van der Waals surface area contributed by atoms with Gasteiger partial charge in [0.1, 0.15) is 13.2 Å². The number of sulfonamides is 1. The smallest absolute Gasteiger partial charge is 0.338 e. The largest absolute Gasteiger partial charge is 0.486 e. The molecule has 0 saturated carbocycles. The third kappa shape index (κ3) is 6.12. The molecule has 0 saturated heterocycles. The normalized spacial score (nSPS) is 13.2. The first-order valence-corrected chi connectivity index (χ1v) is 12.9. The number of hydrogen-bond donors (Lipinski definition) is 2. The number of carbonyl (C=O) groups excluding carboxylic acids is 2. The lowest BCUT2D eigenvalue weighted by molar-refractivity contribution is -0.384. The second-order valence-corrected chi connectivity index (χ2v) is 10.0. The zero-order valence-corrected chi connectivity index (χ0v) is 21.2. The Balaban J connectivity index is 1.38. The fourth-order valence-corrected chi connectivity index (χ4v) is 4.56. The molecule has 1 heterocycles. The number of fused-ring (bicyclic) bond motifs is 1. The SMILES string of the molecule is C[C@@H](OC(=O)c1ccc(NS(=O)(=O)c2ccc3c(c2)OCCO3)cc1)C(=O)Nc1cc([N+](=O)[O-])ccc1Cl. The molecule has 3 aromatic rings. The predicted molar refractivity (Wildman–Crippen MR) is 136 cm³/mol. The highest BCUT2D eigenvalue weighted by Crippen LogP contribution is 2.33. The zero-order valence-electron chi connectivity index (χ0n) is 19.7. The van der Waals surface area contributed by atoms with Gasteiger partial charge in [-0.2, -0.15) is 0 Å². The van der Waals surface area contributed by atoms with E-state index < -0.39 is 32.9 Å². The van der Waals surface area contributed by atoms with Crippen molar-refractivity contribution in [2.45, 2.75) is 17.9 Å². The van der Waals surface area contributed by atoms with Gasteiger partial charge in [0, 0.05) is 23.9 Å². The number of rotatable bonds is 8. The van der Waals surface area contributed by atoms with E-state index in [2.05, 4.69) is 10.0 Å². The summed E-state index contributed by atoms with van der Waals surface area (Å²) < 4.78 is 43.9. The molecule has 1 aliphatic rings. The Bertz CT molecular complexity index is 1510. The monoisotopic (exact) mass is 561 g/mol. The van der Waals surface area contributed by atoms with Crippen LogP contribution in [0.1, 0.15) is 17.3 Å². The Kier molecular flexibility index (Phi) is 7.69. The Labute approximate surface area is 221 Å². The molecule has 14 heteroatoms. The minimum absolute atomic E-state index is 0.0107. The Morgan fingerprint density at radius 1 is 1.03 bits per heavy atom. The van der Waals surface area contributed by atoms with Crippen LogP contribution < -0.4 is 19.5 Å². The number of nitro groups is 1. The zero-order chi connectivity index (χ0) is 27.4. The molecule has 12 nitrogen and oxygen atoms in total. The van der Waals surface area contributed by atoms with Crippen molar-refractivity contribution in [3.63, 3.8) is 0 Å². The molecule has 38 heavy (non-hydrogen) atoms. The van der Waals surface area contributed by atoms with Gasteiger partial charge >= 0.3 is 5.97 Å². The van der Waals surface area contributed by atoms with E-state index in [1.54, 1.807) is 0 Å². The van der Waals surface area contributed by atoms with Crippen molar-refractivity contribution < 1.29 is 37.1 Å². The first-order chi connectivity index (χ1) is 18.0. The van der Waals surface area contributed by atoms with Crippen LogP contribution in [0, 0.1) is 10.1 Å². The first-order valence-electron chi connectivity index (χ1n) is 11.0. The van der Waals surface area contributed by atoms with Crippen molar-refractivity contribution in [1.29, 1.82) is 0 Å². The molecule has 0 radical (unpaired) electrons. The van der Waals surface area contributed by atoms with Crippen LogP contribution in [0.2, 0.25) is 5.02 Å². The molecule has 1 amide bonds. The van der Waals surface area contributed by atoms with E-state index >= 15 is 0 Å². The van der Waals surface area contributed by atoms with E-state index in [4.69, 9.17) is 25.8 Å². The first kappa shape index (κ1) is 26.7. The number of non-ortho nitro benzene ring substituents is 1. The second kappa shape index (κ2) is 10.9. The number of anilines is 2. The quantitative estimate of drug-likeness (QED) is 0.235. The topological polar surface area (TPSA) is 163 Å². The third-order valence-electron chi connectivity index (χ3n) is 5.27. The van der Waals surface area contributed by atoms with Crippen molar-refractivity contribution in [2.24, 2.45) is 0 Å². The van der Waals surface area contributed by atoms with Crippen LogP contribution >= 0.6 is 11.6 Å². The lowest BCUT2D eigenvalue weighted by Gasteiger charge is -2.19. The molecule has 198 valence electrons. The summed E-state index contributed by atoms with van der Waals surface area (Å²) in [6.07, 6.45) is -1.27. The van der Waals surface area contributed by atoms with Crippen LogP contribution in [0.5, 0.6) is 11.5 Å². The van der Waals surface area contributed by atoms with Crippen molar-refractivity contribution >= 4 is 50.6 Å². The van der Waals surface area contributed by atoms with Crippen LogP contribution in [0.15, 0.2) is 65.6 Å². The van der Waals surface area contributed by atoms with E-state index in [0.29, 0.717) is 24.7 Å². The number of nitro benzene ring substituents is 1. The van der Waals surface area contributed by atoms with Gasteiger partial charge in [0.25, 0.3) is 21.6 Å². The minimum Gasteiger partial charge on any atom is -0.486 e. The highest BCUT2D eigenvalue weighted by molar-refractivity contribution is 7.92. The van der Waals surface area contributed by atoms with Crippen molar-refractivity contribution in [1.82, 2.24) is 0 Å². The maximum Gasteiger partial charge on any atom is 0.338 e. The number of ether oxygens (including phenoxy) is 3. The third-order valence-corrected chi connectivity index (χ3v) is 6.98. The summed E-state index contributed by atoms with van der Waals surface area (Å²) >= 11 is 5.98. The van der Waals surface area contributed by atoms with Crippen LogP contribution in [0.25, 0.3) is 0 Å². The molecule has 3 aromatic carbocycles. The lowest BCUT2D eigenvalue weighted by Crippen LogP contribution is -2.30.